The van der Waals surface area contributed by atoms with E-state index < -0.39 is 6.10 Å². The molecule has 124 valence electrons. The van der Waals surface area contributed by atoms with Gasteiger partial charge in [-0.2, -0.15) is 4.98 Å². The molecule has 1 atom stereocenters. The first-order valence-corrected chi connectivity index (χ1v) is 7.47. The monoisotopic (exact) mass is 328 g/mol. The number of hydrogen-bond acceptors (Lipinski definition) is 6. The standard InChI is InChI=1S/C17H17FN4O2/c1-22(10-15(23)12-4-6-14(18)7-5-12)11-16-20-17(21-24-16)13-3-2-8-19-9-13/h2-9,15,23H,10-11H2,1H3. The van der Waals surface area contributed by atoms with E-state index in [4.69, 9.17) is 4.52 Å². The van der Waals surface area contributed by atoms with Gasteiger partial charge in [-0.25, -0.2) is 4.39 Å². The van der Waals surface area contributed by atoms with E-state index in [9.17, 15) is 9.50 Å². The Labute approximate surface area is 138 Å². The molecule has 0 saturated carbocycles. The minimum atomic E-state index is -0.726. The maximum Gasteiger partial charge on any atom is 0.241 e. The highest BCUT2D eigenvalue weighted by Crippen LogP contribution is 2.17. The highest BCUT2D eigenvalue weighted by molar-refractivity contribution is 5.51. The van der Waals surface area contributed by atoms with Crippen LogP contribution in [0.2, 0.25) is 0 Å². The summed E-state index contributed by atoms with van der Waals surface area (Å²) in [7, 11) is 1.83. The fourth-order valence-electron chi connectivity index (χ4n) is 2.31. The normalized spacial score (nSPS) is 12.5. The Morgan fingerprint density at radius 2 is 2.04 bits per heavy atom. The summed E-state index contributed by atoms with van der Waals surface area (Å²) in [6.07, 6.45) is 2.61. The van der Waals surface area contributed by atoms with E-state index in [2.05, 4.69) is 15.1 Å². The number of aliphatic hydroxyl groups excluding tert-OH is 1. The van der Waals surface area contributed by atoms with Crippen LogP contribution in [0, 0.1) is 5.82 Å². The Morgan fingerprint density at radius 3 is 2.75 bits per heavy atom. The molecule has 24 heavy (non-hydrogen) atoms. The largest absolute Gasteiger partial charge is 0.387 e. The molecule has 0 saturated heterocycles. The van der Waals surface area contributed by atoms with Gasteiger partial charge in [-0.3, -0.25) is 9.88 Å². The summed E-state index contributed by atoms with van der Waals surface area (Å²) in [6, 6.07) is 9.45. The molecule has 0 aliphatic heterocycles. The van der Waals surface area contributed by atoms with Crippen LogP contribution < -0.4 is 0 Å². The Kier molecular flexibility index (Phi) is 4.93. The highest BCUT2D eigenvalue weighted by atomic mass is 19.1. The lowest BCUT2D eigenvalue weighted by molar-refractivity contribution is 0.117. The van der Waals surface area contributed by atoms with Gasteiger partial charge in [0, 0.05) is 24.5 Å². The molecule has 7 heteroatoms. The van der Waals surface area contributed by atoms with Crippen LogP contribution in [0.5, 0.6) is 0 Å². The number of halogens is 1. The molecule has 2 aromatic heterocycles. The summed E-state index contributed by atoms with van der Waals surface area (Å²) in [5.74, 6) is 0.598. The predicted molar refractivity (Wildman–Crippen MR) is 85.2 cm³/mol. The van der Waals surface area contributed by atoms with Gasteiger partial charge >= 0.3 is 0 Å². The predicted octanol–water partition coefficient (Wildman–Crippen LogP) is 2.44. The van der Waals surface area contributed by atoms with Gasteiger partial charge in [0.15, 0.2) is 0 Å². The molecule has 1 N–H and O–H groups in total. The van der Waals surface area contributed by atoms with Crippen LogP contribution in [0.25, 0.3) is 11.4 Å². The minimum Gasteiger partial charge on any atom is -0.387 e. The molecule has 3 rings (SSSR count). The van der Waals surface area contributed by atoms with E-state index in [1.54, 1.807) is 30.6 Å². The number of rotatable bonds is 6. The van der Waals surface area contributed by atoms with Crippen molar-refractivity contribution in [3.8, 4) is 11.4 Å². The Hall–Kier alpha value is -2.64. The number of pyridine rings is 1. The number of aromatic nitrogens is 3. The minimum absolute atomic E-state index is 0.326. The van der Waals surface area contributed by atoms with Crippen molar-refractivity contribution >= 4 is 0 Å². The Balaban J connectivity index is 1.60. The van der Waals surface area contributed by atoms with E-state index in [1.165, 1.54) is 12.1 Å². The summed E-state index contributed by atoms with van der Waals surface area (Å²) < 4.78 is 18.1. The average Bonchev–Trinajstić information content (AvgIpc) is 3.04. The first-order valence-electron chi connectivity index (χ1n) is 7.47. The summed E-state index contributed by atoms with van der Waals surface area (Å²) in [6.45, 7) is 0.752. The molecule has 0 aliphatic carbocycles. The van der Waals surface area contributed by atoms with E-state index in [0.717, 1.165) is 5.56 Å². The lowest BCUT2D eigenvalue weighted by atomic mass is 10.1. The number of aliphatic hydroxyl groups is 1. The molecule has 0 bridgehead atoms. The zero-order valence-electron chi connectivity index (χ0n) is 13.1. The lowest BCUT2D eigenvalue weighted by Gasteiger charge is -2.19. The third-order valence-electron chi connectivity index (χ3n) is 3.53. The van der Waals surface area contributed by atoms with Crippen molar-refractivity contribution in [2.45, 2.75) is 12.6 Å². The third kappa shape index (κ3) is 4.01. The number of nitrogens with zero attached hydrogens (tertiary/aromatic N) is 4. The molecule has 6 nitrogen and oxygen atoms in total. The molecule has 1 aromatic carbocycles. The third-order valence-corrected chi connectivity index (χ3v) is 3.53. The van der Waals surface area contributed by atoms with Gasteiger partial charge in [-0.15, -0.1) is 0 Å². The second kappa shape index (κ2) is 7.29. The number of benzene rings is 1. The van der Waals surface area contributed by atoms with Gasteiger partial charge in [0.2, 0.25) is 11.7 Å². The zero-order chi connectivity index (χ0) is 16.9. The van der Waals surface area contributed by atoms with E-state index in [-0.39, 0.29) is 5.82 Å². The van der Waals surface area contributed by atoms with Gasteiger partial charge in [0.25, 0.3) is 0 Å². The maximum atomic E-state index is 12.9. The molecule has 0 aliphatic rings. The van der Waals surface area contributed by atoms with Gasteiger partial charge in [-0.05, 0) is 36.9 Å². The average molecular weight is 328 g/mol. The van der Waals surface area contributed by atoms with Crippen LogP contribution in [-0.2, 0) is 6.54 Å². The van der Waals surface area contributed by atoms with E-state index in [1.807, 2.05) is 18.0 Å². The van der Waals surface area contributed by atoms with Gasteiger partial charge in [0.05, 0.1) is 12.6 Å². The fourth-order valence-corrected chi connectivity index (χ4v) is 2.31. The van der Waals surface area contributed by atoms with Crippen molar-refractivity contribution in [3.63, 3.8) is 0 Å². The van der Waals surface area contributed by atoms with Crippen molar-refractivity contribution in [1.29, 1.82) is 0 Å². The second-order valence-electron chi connectivity index (χ2n) is 5.52. The molecular formula is C17H17FN4O2. The summed E-state index contributed by atoms with van der Waals surface area (Å²) in [4.78, 5) is 10.2. The summed E-state index contributed by atoms with van der Waals surface area (Å²) in [5.41, 5.74) is 1.44. The van der Waals surface area contributed by atoms with Crippen molar-refractivity contribution in [3.05, 3.63) is 66.1 Å². The Bertz CT molecular complexity index is 777. The van der Waals surface area contributed by atoms with Gasteiger partial charge in [-0.1, -0.05) is 17.3 Å². The highest BCUT2D eigenvalue weighted by Gasteiger charge is 2.15. The van der Waals surface area contributed by atoms with Gasteiger partial charge < -0.3 is 9.63 Å². The van der Waals surface area contributed by atoms with Crippen molar-refractivity contribution in [2.75, 3.05) is 13.6 Å². The molecule has 0 radical (unpaired) electrons. The topological polar surface area (TPSA) is 75.3 Å². The Morgan fingerprint density at radius 1 is 1.25 bits per heavy atom. The molecule has 3 aromatic rings. The van der Waals surface area contributed by atoms with Crippen LogP contribution in [0.15, 0.2) is 53.3 Å². The molecule has 0 amide bonds. The summed E-state index contributed by atoms with van der Waals surface area (Å²) >= 11 is 0. The van der Waals surface area contributed by atoms with E-state index in [0.29, 0.717) is 30.4 Å². The molecule has 0 fully saturated rings. The first-order chi connectivity index (χ1) is 11.6. The zero-order valence-corrected chi connectivity index (χ0v) is 13.1. The molecule has 2 heterocycles. The smallest absolute Gasteiger partial charge is 0.241 e. The van der Waals surface area contributed by atoms with Crippen LogP contribution in [0.3, 0.4) is 0 Å². The molecular weight excluding hydrogens is 311 g/mol. The number of hydrogen-bond donors (Lipinski definition) is 1. The summed E-state index contributed by atoms with van der Waals surface area (Å²) in [5, 5.41) is 14.1. The lowest BCUT2D eigenvalue weighted by Crippen LogP contribution is -2.24. The van der Waals surface area contributed by atoms with Crippen LogP contribution in [0.1, 0.15) is 17.6 Å². The van der Waals surface area contributed by atoms with Crippen molar-refractivity contribution in [1.82, 2.24) is 20.0 Å². The van der Waals surface area contributed by atoms with Crippen LogP contribution in [-0.4, -0.2) is 38.7 Å². The fraction of sp³-hybridized carbons (Fsp3) is 0.235. The molecule has 0 spiro atoms. The SMILES string of the molecule is CN(Cc1nc(-c2cccnc2)no1)CC(O)c1ccc(F)cc1. The first kappa shape index (κ1) is 16.2. The maximum absolute atomic E-state index is 12.9. The van der Waals surface area contributed by atoms with Crippen LogP contribution >= 0.6 is 0 Å². The van der Waals surface area contributed by atoms with Gasteiger partial charge in [0.1, 0.15) is 5.82 Å². The van der Waals surface area contributed by atoms with Crippen molar-refractivity contribution < 1.29 is 14.0 Å². The van der Waals surface area contributed by atoms with Crippen LogP contribution in [0.4, 0.5) is 4.39 Å². The van der Waals surface area contributed by atoms with Crippen molar-refractivity contribution in [2.24, 2.45) is 0 Å². The second-order valence-corrected chi connectivity index (χ2v) is 5.52. The van der Waals surface area contributed by atoms with E-state index >= 15 is 0 Å². The number of likely N-dealkylation sites (N-methyl/N-ethyl adjacent to an activating group) is 1. The molecule has 1 unspecified atom stereocenters. The quantitative estimate of drug-likeness (QED) is 0.749.